The fourth-order valence-corrected chi connectivity index (χ4v) is 2.74. The number of alkyl halides is 1. The number of nitrogens with zero attached hydrogens (tertiary/aromatic N) is 3. The van der Waals surface area contributed by atoms with Crippen LogP contribution in [0.15, 0.2) is 36.5 Å². The second-order valence-corrected chi connectivity index (χ2v) is 5.20. The second-order valence-electron chi connectivity index (χ2n) is 4.08. The van der Waals surface area contributed by atoms with Crippen molar-refractivity contribution in [3.63, 3.8) is 0 Å². The Labute approximate surface area is 113 Å². The number of thiazole rings is 1. The predicted molar refractivity (Wildman–Crippen MR) is 75.1 cm³/mol. The quantitative estimate of drug-likeness (QED) is 0.778. The van der Waals surface area contributed by atoms with Gasteiger partial charge in [0.05, 0.1) is 23.3 Å². The number of anilines is 1. The summed E-state index contributed by atoms with van der Waals surface area (Å²) in [5.74, 6) is 0.743. The molecule has 0 aliphatic rings. The zero-order valence-electron chi connectivity index (χ0n) is 10.2. The predicted octanol–water partition coefficient (Wildman–Crippen LogP) is 3.07. The molecule has 0 aliphatic heterocycles. The van der Waals surface area contributed by atoms with Crippen LogP contribution in [-0.4, -0.2) is 21.4 Å². The highest BCUT2D eigenvalue weighted by Gasteiger charge is 2.04. The van der Waals surface area contributed by atoms with Crippen LogP contribution in [0, 0.1) is 0 Å². The third-order valence-corrected chi connectivity index (χ3v) is 3.75. The number of fused-ring (bicyclic) bond motifs is 1. The Bertz CT molecular complexity index is 643. The molecule has 0 amide bonds. The second kappa shape index (κ2) is 5.36. The number of nitrogens with one attached hydrogen (secondary N) is 1. The van der Waals surface area contributed by atoms with Crippen molar-refractivity contribution in [1.82, 2.24) is 14.8 Å². The molecule has 3 aromatic rings. The number of aryl methyl sites for hydroxylation is 1. The Morgan fingerprint density at radius 1 is 1.26 bits per heavy atom. The van der Waals surface area contributed by atoms with Crippen molar-refractivity contribution in [2.45, 2.75) is 13.1 Å². The van der Waals surface area contributed by atoms with E-state index >= 15 is 0 Å². The molecule has 0 spiro atoms. The van der Waals surface area contributed by atoms with Gasteiger partial charge in [0.15, 0.2) is 0 Å². The van der Waals surface area contributed by atoms with Gasteiger partial charge >= 0.3 is 0 Å². The molecule has 0 saturated heterocycles. The molecule has 2 heterocycles. The van der Waals surface area contributed by atoms with E-state index < -0.39 is 6.67 Å². The first-order chi connectivity index (χ1) is 9.35. The average molecular weight is 276 g/mol. The molecule has 4 nitrogen and oxygen atoms in total. The van der Waals surface area contributed by atoms with Crippen LogP contribution >= 0.6 is 11.3 Å². The summed E-state index contributed by atoms with van der Waals surface area (Å²) in [5, 5.41) is 8.42. The van der Waals surface area contributed by atoms with Gasteiger partial charge in [0, 0.05) is 12.3 Å². The minimum Gasteiger partial charge on any atom is -0.362 e. The molecule has 0 fully saturated rings. The van der Waals surface area contributed by atoms with Gasteiger partial charge in [-0.05, 0) is 12.1 Å². The van der Waals surface area contributed by atoms with E-state index in [1.165, 1.54) is 4.70 Å². The van der Waals surface area contributed by atoms with Crippen molar-refractivity contribution in [2.24, 2.45) is 0 Å². The van der Waals surface area contributed by atoms with Gasteiger partial charge in [-0.3, -0.25) is 4.68 Å². The summed E-state index contributed by atoms with van der Waals surface area (Å²) in [7, 11) is 0. The van der Waals surface area contributed by atoms with Crippen LogP contribution in [0.5, 0.6) is 0 Å². The van der Waals surface area contributed by atoms with Gasteiger partial charge in [-0.15, -0.1) is 11.3 Å². The van der Waals surface area contributed by atoms with Gasteiger partial charge in [0.1, 0.15) is 17.5 Å². The van der Waals surface area contributed by atoms with E-state index in [0.717, 1.165) is 16.3 Å². The summed E-state index contributed by atoms with van der Waals surface area (Å²) in [5.41, 5.74) is 1.02. The van der Waals surface area contributed by atoms with Crippen LogP contribution in [-0.2, 0) is 13.1 Å². The number of aromatic nitrogens is 3. The summed E-state index contributed by atoms with van der Waals surface area (Å²) in [4.78, 5) is 4.53. The van der Waals surface area contributed by atoms with Crippen molar-refractivity contribution in [1.29, 1.82) is 0 Å². The molecule has 6 heteroatoms. The molecule has 98 valence electrons. The van der Waals surface area contributed by atoms with Crippen LogP contribution in [0.3, 0.4) is 0 Å². The lowest BCUT2D eigenvalue weighted by Crippen LogP contribution is -2.03. The molecule has 0 unspecified atom stereocenters. The summed E-state index contributed by atoms with van der Waals surface area (Å²) >= 11 is 1.67. The molecule has 1 N–H and O–H groups in total. The van der Waals surface area contributed by atoms with E-state index in [1.54, 1.807) is 22.2 Å². The fourth-order valence-electron chi connectivity index (χ4n) is 1.83. The van der Waals surface area contributed by atoms with Crippen LogP contribution < -0.4 is 5.32 Å². The van der Waals surface area contributed by atoms with Crippen molar-refractivity contribution in [2.75, 3.05) is 12.0 Å². The summed E-state index contributed by atoms with van der Waals surface area (Å²) in [6, 6.07) is 9.90. The maximum atomic E-state index is 12.2. The Hall–Kier alpha value is -1.95. The molecule has 0 radical (unpaired) electrons. The highest BCUT2D eigenvalue weighted by molar-refractivity contribution is 7.18. The molecule has 2 aromatic heterocycles. The van der Waals surface area contributed by atoms with Gasteiger partial charge in [-0.2, -0.15) is 5.10 Å². The van der Waals surface area contributed by atoms with E-state index in [9.17, 15) is 4.39 Å². The van der Waals surface area contributed by atoms with E-state index in [-0.39, 0.29) is 0 Å². The van der Waals surface area contributed by atoms with Gasteiger partial charge in [-0.25, -0.2) is 9.37 Å². The monoisotopic (exact) mass is 276 g/mol. The molecule has 19 heavy (non-hydrogen) atoms. The van der Waals surface area contributed by atoms with Crippen molar-refractivity contribution in [3.05, 3.63) is 41.5 Å². The lowest BCUT2D eigenvalue weighted by molar-refractivity contribution is 0.427. The lowest BCUT2D eigenvalue weighted by Gasteiger charge is -1.99. The zero-order valence-corrected chi connectivity index (χ0v) is 11.0. The minimum atomic E-state index is -0.404. The molecule has 0 bridgehead atoms. The van der Waals surface area contributed by atoms with Crippen LogP contribution in [0.1, 0.15) is 5.01 Å². The molecule has 0 aliphatic carbocycles. The zero-order chi connectivity index (χ0) is 13.1. The molecule has 0 saturated carbocycles. The van der Waals surface area contributed by atoms with Crippen molar-refractivity contribution < 1.29 is 4.39 Å². The first-order valence-electron chi connectivity index (χ1n) is 6.03. The number of halogens is 1. The number of hydrogen-bond acceptors (Lipinski definition) is 4. The largest absolute Gasteiger partial charge is 0.362 e. The first-order valence-corrected chi connectivity index (χ1v) is 6.84. The third-order valence-electron chi connectivity index (χ3n) is 2.71. The lowest BCUT2D eigenvalue weighted by atomic mass is 10.3. The van der Waals surface area contributed by atoms with E-state index in [0.29, 0.717) is 13.1 Å². The Balaban J connectivity index is 1.67. The molecule has 0 atom stereocenters. The van der Waals surface area contributed by atoms with Gasteiger partial charge in [0.2, 0.25) is 0 Å². The Morgan fingerprint density at radius 3 is 3.00 bits per heavy atom. The molecular formula is C13H13FN4S. The van der Waals surface area contributed by atoms with Crippen molar-refractivity contribution in [3.8, 4) is 0 Å². The highest BCUT2D eigenvalue weighted by Crippen LogP contribution is 2.22. The SMILES string of the molecule is FCCn1ccc(NCc2nc3ccccc3s2)n1. The van der Waals surface area contributed by atoms with Crippen LogP contribution in [0.2, 0.25) is 0 Å². The topological polar surface area (TPSA) is 42.7 Å². The minimum absolute atomic E-state index is 0.294. The van der Waals surface area contributed by atoms with Crippen molar-refractivity contribution >= 4 is 27.4 Å². The molecule has 3 rings (SSSR count). The summed E-state index contributed by atoms with van der Waals surface area (Å²) in [6.07, 6.45) is 1.76. The van der Waals surface area contributed by atoms with Crippen LogP contribution in [0.4, 0.5) is 10.2 Å². The average Bonchev–Trinajstić information content (AvgIpc) is 3.02. The van der Waals surface area contributed by atoms with Gasteiger partial charge < -0.3 is 5.32 Å². The normalized spacial score (nSPS) is 11.0. The first kappa shape index (κ1) is 12.1. The highest BCUT2D eigenvalue weighted by atomic mass is 32.1. The molecule has 1 aromatic carbocycles. The van der Waals surface area contributed by atoms with E-state index in [2.05, 4.69) is 21.5 Å². The van der Waals surface area contributed by atoms with Gasteiger partial charge in [-0.1, -0.05) is 12.1 Å². The number of rotatable bonds is 5. The fraction of sp³-hybridized carbons (Fsp3) is 0.231. The smallest absolute Gasteiger partial charge is 0.148 e. The van der Waals surface area contributed by atoms with Crippen LogP contribution in [0.25, 0.3) is 10.2 Å². The standard InChI is InChI=1S/C13H13FN4S/c14-6-8-18-7-5-12(17-18)15-9-13-16-10-3-1-2-4-11(10)19-13/h1-5,7H,6,8-9H2,(H,15,17). The summed E-state index contributed by atoms with van der Waals surface area (Å²) in [6.45, 7) is 0.522. The molecular weight excluding hydrogens is 263 g/mol. The van der Waals surface area contributed by atoms with E-state index in [4.69, 9.17) is 0 Å². The Morgan fingerprint density at radius 2 is 2.16 bits per heavy atom. The van der Waals surface area contributed by atoms with E-state index in [1.807, 2.05) is 24.3 Å². The number of para-hydroxylation sites is 1. The maximum Gasteiger partial charge on any atom is 0.148 e. The Kier molecular flexibility index (Phi) is 3.41. The summed E-state index contributed by atoms with van der Waals surface area (Å²) < 4.78 is 14.9. The number of benzene rings is 1. The third kappa shape index (κ3) is 2.73. The maximum absolute atomic E-state index is 12.2. The van der Waals surface area contributed by atoms with Gasteiger partial charge in [0.25, 0.3) is 0 Å². The number of hydrogen-bond donors (Lipinski definition) is 1.